The average Bonchev–Trinajstić information content (AvgIpc) is 2.92. The number of amides is 1. The molecule has 4 N–H and O–H groups in total. The van der Waals surface area contributed by atoms with E-state index in [1.54, 1.807) is 25.3 Å². The second-order valence-corrected chi connectivity index (χ2v) is 10.1. The normalized spacial score (nSPS) is 19.8. The predicted molar refractivity (Wildman–Crippen MR) is 147 cm³/mol. The van der Waals surface area contributed by atoms with Gasteiger partial charge < -0.3 is 20.5 Å². The summed E-state index contributed by atoms with van der Waals surface area (Å²) in [6, 6.07) is 12.9. The molecule has 2 fully saturated rings. The molecule has 0 aliphatic heterocycles. The molecular formula is C29H38ClN3O4. The highest BCUT2D eigenvalue weighted by Gasteiger charge is 2.29. The third kappa shape index (κ3) is 7.48. The van der Waals surface area contributed by atoms with Gasteiger partial charge in [0, 0.05) is 11.6 Å². The number of carbonyl (C=O) groups excluding carboxylic acids is 2. The number of halogens is 1. The van der Waals surface area contributed by atoms with Crippen molar-refractivity contribution in [2.45, 2.75) is 63.8 Å². The SMILES string of the molecule is COc1ccc(-c2ccc(C(=N)N)cc2)cc1C(=O)N[C@H]1CC[C@H](C(=O)OCC2CCCCC2)CC1.Cl. The number of esters is 1. The van der Waals surface area contributed by atoms with E-state index in [0.29, 0.717) is 29.4 Å². The molecule has 37 heavy (non-hydrogen) atoms. The molecule has 0 spiro atoms. The number of amidine groups is 1. The lowest BCUT2D eigenvalue weighted by Gasteiger charge is -2.29. The van der Waals surface area contributed by atoms with Gasteiger partial charge in [-0.2, -0.15) is 0 Å². The number of carbonyl (C=O) groups is 2. The van der Waals surface area contributed by atoms with Gasteiger partial charge in [-0.05, 0) is 67.7 Å². The molecule has 2 aliphatic rings. The number of hydrogen-bond acceptors (Lipinski definition) is 5. The Bertz CT molecular complexity index is 1080. The highest BCUT2D eigenvalue weighted by atomic mass is 35.5. The molecule has 1 amide bonds. The zero-order valence-corrected chi connectivity index (χ0v) is 22.3. The summed E-state index contributed by atoms with van der Waals surface area (Å²) in [7, 11) is 1.55. The van der Waals surface area contributed by atoms with Crippen molar-refractivity contribution in [3.8, 4) is 16.9 Å². The van der Waals surface area contributed by atoms with Crippen molar-refractivity contribution in [2.24, 2.45) is 17.6 Å². The topological polar surface area (TPSA) is 114 Å². The molecular weight excluding hydrogens is 490 g/mol. The van der Waals surface area contributed by atoms with Crippen LogP contribution in [0.1, 0.15) is 73.7 Å². The van der Waals surface area contributed by atoms with E-state index >= 15 is 0 Å². The first-order valence-corrected chi connectivity index (χ1v) is 13.0. The van der Waals surface area contributed by atoms with Crippen LogP contribution >= 0.6 is 12.4 Å². The summed E-state index contributed by atoms with van der Waals surface area (Å²) in [5, 5.41) is 10.7. The van der Waals surface area contributed by atoms with Crippen LogP contribution < -0.4 is 15.8 Å². The predicted octanol–water partition coefficient (Wildman–Crippen LogP) is 5.48. The van der Waals surface area contributed by atoms with Crippen molar-refractivity contribution in [1.82, 2.24) is 5.32 Å². The number of rotatable bonds is 8. The van der Waals surface area contributed by atoms with Crippen molar-refractivity contribution in [3.63, 3.8) is 0 Å². The van der Waals surface area contributed by atoms with Crippen LogP contribution in [-0.2, 0) is 9.53 Å². The van der Waals surface area contributed by atoms with Crippen molar-refractivity contribution in [1.29, 1.82) is 5.41 Å². The quantitative estimate of drug-likeness (QED) is 0.239. The van der Waals surface area contributed by atoms with E-state index in [1.165, 1.54) is 32.1 Å². The summed E-state index contributed by atoms with van der Waals surface area (Å²) in [4.78, 5) is 25.7. The van der Waals surface area contributed by atoms with E-state index in [0.717, 1.165) is 36.8 Å². The molecule has 0 bridgehead atoms. The first-order valence-electron chi connectivity index (χ1n) is 13.0. The summed E-state index contributed by atoms with van der Waals surface area (Å²) in [5.41, 5.74) is 8.47. The molecule has 0 saturated heterocycles. The number of nitrogen functional groups attached to an aromatic ring is 1. The van der Waals surface area contributed by atoms with Gasteiger partial charge in [-0.3, -0.25) is 15.0 Å². The van der Waals surface area contributed by atoms with Crippen molar-refractivity contribution < 1.29 is 19.1 Å². The summed E-state index contributed by atoms with van der Waals surface area (Å²) in [5.74, 6) is 0.724. The fourth-order valence-electron chi connectivity index (χ4n) is 5.32. The maximum atomic E-state index is 13.2. The number of methoxy groups -OCH3 is 1. The molecule has 0 atom stereocenters. The zero-order chi connectivity index (χ0) is 25.5. The second-order valence-electron chi connectivity index (χ2n) is 10.1. The lowest BCUT2D eigenvalue weighted by molar-refractivity contribution is -0.151. The molecule has 2 aromatic rings. The molecule has 0 heterocycles. The second kappa shape index (κ2) is 13.5. The highest BCUT2D eigenvalue weighted by molar-refractivity contribution is 5.99. The summed E-state index contributed by atoms with van der Waals surface area (Å²) < 4.78 is 11.1. The van der Waals surface area contributed by atoms with Crippen LogP contribution in [0.5, 0.6) is 5.75 Å². The lowest BCUT2D eigenvalue weighted by Crippen LogP contribution is -2.39. The Kier molecular flexibility index (Phi) is 10.4. The monoisotopic (exact) mass is 527 g/mol. The Balaban J connectivity index is 0.00000380. The van der Waals surface area contributed by atoms with Gasteiger partial charge >= 0.3 is 5.97 Å². The molecule has 0 unspecified atom stereocenters. The van der Waals surface area contributed by atoms with Crippen LogP contribution in [0.2, 0.25) is 0 Å². The third-order valence-corrected chi connectivity index (χ3v) is 7.56. The fourth-order valence-corrected chi connectivity index (χ4v) is 5.32. The number of benzene rings is 2. The van der Waals surface area contributed by atoms with E-state index in [-0.39, 0.29) is 42.1 Å². The van der Waals surface area contributed by atoms with Crippen molar-refractivity contribution >= 4 is 30.1 Å². The van der Waals surface area contributed by atoms with Crippen LogP contribution in [0, 0.1) is 17.2 Å². The van der Waals surface area contributed by atoms with E-state index < -0.39 is 0 Å². The van der Waals surface area contributed by atoms with Gasteiger partial charge in [0.25, 0.3) is 5.91 Å². The van der Waals surface area contributed by atoms with Crippen molar-refractivity contribution in [3.05, 3.63) is 53.6 Å². The summed E-state index contributed by atoms with van der Waals surface area (Å²) >= 11 is 0. The van der Waals surface area contributed by atoms with E-state index in [1.807, 2.05) is 24.3 Å². The molecule has 7 nitrogen and oxygen atoms in total. The lowest BCUT2D eigenvalue weighted by atomic mass is 9.85. The first-order chi connectivity index (χ1) is 17.4. The maximum Gasteiger partial charge on any atom is 0.308 e. The van der Waals surface area contributed by atoms with Gasteiger partial charge in [-0.1, -0.05) is 49.6 Å². The highest BCUT2D eigenvalue weighted by Crippen LogP contribution is 2.30. The van der Waals surface area contributed by atoms with Crippen LogP contribution in [0.25, 0.3) is 11.1 Å². The van der Waals surface area contributed by atoms with Crippen LogP contribution in [-0.4, -0.2) is 37.5 Å². The Hall–Kier alpha value is -3.06. The van der Waals surface area contributed by atoms with Gasteiger partial charge in [-0.25, -0.2) is 0 Å². The van der Waals surface area contributed by atoms with E-state index in [9.17, 15) is 9.59 Å². The number of hydrogen-bond donors (Lipinski definition) is 3. The van der Waals surface area contributed by atoms with Gasteiger partial charge in [0.05, 0.1) is 25.2 Å². The van der Waals surface area contributed by atoms with Gasteiger partial charge in [0.15, 0.2) is 0 Å². The van der Waals surface area contributed by atoms with Gasteiger partial charge in [0.1, 0.15) is 11.6 Å². The van der Waals surface area contributed by atoms with Crippen LogP contribution in [0.15, 0.2) is 42.5 Å². The fraction of sp³-hybridized carbons (Fsp3) is 0.483. The Labute approximate surface area is 225 Å². The number of nitrogens with two attached hydrogens (primary N) is 1. The minimum atomic E-state index is -0.183. The number of nitrogens with one attached hydrogen (secondary N) is 2. The van der Waals surface area contributed by atoms with Crippen LogP contribution in [0.4, 0.5) is 0 Å². The smallest absolute Gasteiger partial charge is 0.308 e. The maximum absolute atomic E-state index is 13.2. The molecule has 0 radical (unpaired) electrons. The largest absolute Gasteiger partial charge is 0.496 e. The van der Waals surface area contributed by atoms with Gasteiger partial charge in [0.2, 0.25) is 0 Å². The van der Waals surface area contributed by atoms with Gasteiger partial charge in [-0.15, -0.1) is 12.4 Å². The summed E-state index contributed by atoms with van der Waals surface area (Å²) in [6.45, 7) is 0.559. The zero-order valence-electron chi connectivity index (χ0n) is 21.5. The van der Waals surface area contributed by atoms with E-state index in [2.05, 4.69) is 5.32 Å². The minimum absolute atomic E-state index is 0. The first kappa shape index (κ1) is 28.5. The average molecular weight is 528 g/mol. The Morgan fingerprint density at radius 2 is 1.59 bits per heavy atom. The standard InChI is InChI=1S/C29H37N3O4.ClH/c1-35-26-16-13-23(20-7-9-21(10-8-20)27(30)31)17-25(26)28(33)32-24-14-11-22(12-15-24)29(34)36-18-19-5-3-2-4-6-19;/h7-10,13,16-17,19,22,24H,2-6,11-12,14-15,18H2,1H3,(H3,30,31)(H,32,33);1H/t22-,24-;. The molecule has 200 valence electrons. The van der Waals surface area contributed by atoms with Crippen LogP contribution in [0.3, 0.4) is 0 Å². The molecule has 0 aromatic heterocycles. The third-order valence-electron chi connectivity index (χ3n) is 7.56. The molecule has 2 aromatic carbocycles. The Morgan fingerprint density at radius 3 is 2.22 bits per heavy atom. The molecule has 4 rings (SSSR count). The molecule has 8 heteroatoms. The molecule has 2 aliphatic carbocycles. The minimum Gasteiger partial charge on any atom is -0.496 e. The summed E-state index contributed by atoms with van der Waals surface area (Å²) in [6.07, 6.45) is 9.08. The van der Waals surface area contributed by atoms with Crippen molar-refractivity contribution in [2.75, 3.05) is 13.7 Å². The molecule has 2 saturated carbocycles. The van der Waals surface area contributed by atoms with E-state index in [4.69, 9.17) is 20.6 Å². The Morgan fingerprint density at radius 1 is 0.946 bits per heavy atom. The number of ether oxygens (including phenoxy) is 2.